The molecular formula is C15H15N3O8. The Kier molecular flexibility index (Phi) is 4.24. The average Bonchev–Trinajstić information content (AvgIpc) is 2.86. The predicted octanol–water partition coefficient (Wildman–Crippen LogP) is -2.04. The number of aromatic amines is 1. The fourth-order valence-corrected chi connectivity index (χ4v) is 3.18. The SMILES string of the molecule is O=c1ccn([C@]2(c3ccccc3)O[C@H](CO)[C@@H](O)[C@]2(O)[N+](=O)[O-])c(=O)[nH]1. The molecule has 2 heterocycles. The van der Waals surface area contributed by atoms with E-state index in [0.717, 1.165) is 12.3 Å². The molecule has 11 nitrogen and oxygen atoms in total. The topological polar surface area (TPSA) is 168 Å². The minimum Gasteiger partial charge on any atom is -0.394 e. The van der Waals surface area contributed by atoms with Gasteiger partial charge in [0.15, 0.2) is 6.10 Å². The van der Waals surface area contributed by atoms with Gasteiger partial charge in [0.2, 0.25) is 0 Å². The highest BCUT2D eigenvalue weighted by Crippen LogP contribution is 2.47. The summed E-state index contributed by atoms with van der Waals surface area (Å²) >= 11 is 0. The summed E-state index contributed by atoms with van der Waals surface area (Å²) in [4.78, 5) is 36.3. The smallest absolute Gasteiger partial charge is 0.394 e. The minimum absolute atomic E-state index is 0.0386. The molecule has 0 radical (unpaired) electrons. The molecule has 1 aliphatic rings. The number of hydrogen-bond acceptors (Lipinski definition) is 8. The number of aliphatic hydroxyl groups is 3. The number of aliphatic hydroxyl groups excluding tert-OH is 2. The van der Waals surface area contributed by atoms with Crippen LogP contribution in [-0.4, -0.2) is 54.3 Å². The van der Waals surface area contributed by atoms with Crippen molar-refractivity contribution in [2.75, 3.05) is 6.61 Å². The van der Waals surface area contributed by atoms with Gasteiger partial charge in [0.1, 0.15) is 6.10 Å². The summed E-state index contributed by atoms with van der Waals surface area (Å²) in [7, 11) is 0. The van der Waals surface area contributed by atoms with Gasteiger partial charge < -0.3 is 20.1 Å². The Balaban J connectivity index is 2.44. The zero-order valence-electron chi connectivity index (χ0n) is 13.2. The van der Waals surface area contributed by atoms with Crippen molar-refractivity contribution >= 4 is 0 Å². The second-order valence-corrected chi connectivity index (χ2v) is 5.76. The Hall–Kier alpha value is -2.86. The molecule has 138 valence electrons. The van der Waals surface area contributed by atoms with Gasteiger partial charge in [0, 0.05) is 17.8 Å². The van der Waals surface area contributed by atoms with E-state index in [2.05, 4.69) is 0 Å². The Morgan fingerprint density at radius 3 is 2.46 bits per heavy atom. The fraction of sp³-hybridized carbons (Fsp3) is 0.333. The van der Waals surface area contributed by atoms with Gasteiger partial charge >= 0.3 is 11.4 Å². The lowest BCUT2D eigenvalue weighted by atomic mass is 9.88. The summed E-state index contributed by atoms with van der Waals surface area (Å²) in [6.45, 7) is -0.857. The van der Waals surface area contributed by atoms with Gasteiger partial charge in [-0.1, -0.05) is 30.3 Å². The van der Waals surface area contributed by atoms with Crippen molar-refractivity contribution in [2.45, 2.75) is 23.7 Å². The van der Waals surface area contributed by atoms with Gasteiger partial charge in [-0.05, 0) is 0 Å². The van der Waals surface area contributed by atoms with Crippen LogP contribution < -0.4 is 11.2 Å². The molecule has 1 saturated heterocycles. The number of nitro groups is 1. The Morgan fingerprint density at radius 2 is 1.92 bits per heavy atom. The molecule has 1 aromatic carbocycles. The summed E-state index contributed by atoms with van der Waals surface area (Å²) < 4.78 is 6.15. The van der Waals surface area contributed by atoms with E-state index in [1.54, 1.807) is 6.07 Å². The van der Waals surface area contributed by atoms with Crippen molar-refractivity contribution in [2.24, 2.45) is 0 Å². The van der Waals surface area contributed by atoms with Crippen molar-refractivity contribution in [3.05, 3.63) is 79.1 Å². The molecule has 0 bridgehead atoms. The molecule has 0 unspecified atom stereocenters. The highest BCUT2D eigenvalue weighted by molar-refractivity contribution is 5.29. The molecule has 4 atom stereocenters. The first-order valence-corrected chi connectivity index (χ1v) is 7.50. The first-order valence-electron chi connectivity index (χ1n) is 7.50. The molecule has 4 N–H and O–H groups in total. The van der Waals surface area contributed by atoms with E-state index in [4.69, 9.17) is 4.74 Å². The molecule has 1 aromatic heterocycles. The molecule has 1 aliphatic heterocycles. The highest BCUT2D eigenvalue weighted by atomic mass is 16.7. The number of hydrogen-bond donors (Lipinski definition) is 4. The molecule has 26 heavy (non-hydrogen) atoms. The van der Waals surface area contributed by atoms with Crippen LogP contribution in [0.5, 0.6) is 0 Å². The maximum absolute atomic E-state index is 12.4. The van der Waals surface area contributed by atoms with Gasteiger partial charge in [-0.15, -0.1) is 0 Å². The number of nitrogens with one attached hydrogen (secondary N) is 1. The van der Waals surface area contributed by atoms with Gasteiger partial charge in [-0.3, -0.25) is 24.5 Å². The van der Waals surface area contributed by atoms with Crippen molar-refractivity contribution in [3.8, 4) is 0 Å². The lowest BCUT2D eigenvalue weighted by Crippen LogP contribution is -2.65. The van der Waals surface area contributed by atoms with Gasteiger partial charge in [-0.25, -0.2) is 4.79 Å². The third-order valence-electron chi connectivity index (χ3n) is 4.37. The molecule has 0 amide bonds. The third-order valence-corrected chi connectivity index (χ3v) is 4.37. The quantitative estimate of drug-likeness (QED) is 0.273. The van der Waals surface area contributed by atoms with Gasteiger partial charge in [0.25, 0.3) is 11.3 Å². The molecule has 0 saturated carbocycles. The van der Waals surface area contributed by atoms with Crippen molar-refractivity contribution < 1.29 is 25.0 Å². The summed E-state index contributed by atoms with van der Waals surface area (Å²) in [6.07, 6.45) is -2.82. The number of aromatic nitrogens is 2. The van der Waals surface area contributed by atoms with Crippen LogP contribution in [0.1, 0.15) is 5.56 Å². The standard InChI is InChI=1S/C15H15N3O8/c19-8-10-12(21)14(23,18(24)25)15(26-10,9-4-2-1-3-5-9)17-7-6-11(20)16-13(17)22/h1-7,10,12,19,21,23H,8H2,(H,16,20,22)/t10-,12-,14-,15-/m1/s1. The number of benzene rings is 1. The van der Waals surface area contributed by atoms with E-state index in [1.165, 1.54) is 24.3 Å². The fourth-order valence-electron chi connectivity index (χ4n) is 3.18. The molecule has 2 aromatic rings. The van der Waals surface area contributed by atoms with Crippen molar-refractivity contribution in [3.63, 3.8) is 0 Å². The second kappa shape index (κ2) is 6.14. The van der Waals surface area contributed by atoms with Gasteiger partial charge in [-0.2, -0.15) is 0 Å². The number of nitrogens with zero attached hydrogens (tertiary/aromatic N) is 2. The summed E-state index contributed by atoms with van der Waals surface area (Å²) in [5, 5.41) is 42.4. The molecule has 3 rings (SSSR count). The lowest BCUT2D eigenvalue weighted by molar-refractivity contribution is -0.655. The van der Waals surface area contributed by atoms with E-state index in [0.29, 0.717) is 4.57 Å². The Bertz CT molecular complexity index is 942. The van der Waals surface area contributed by atoms with Crippen LogP contribution in [0.15, 0.2) is 52.2 Å². The number of rotatable bonds is 4. The van der Waals surface area contributed by atoms with Crippen LogP contribution in [0.25, 0.3) is 0 Å². The first kappa shape index (κ1) is 17.9. The monoisotopic (exact) mass is 365 g/mol. The van der Waals surface area contributed by atoms with Crippen molar-refractivity contribution in [1.82, 2.24) is 9.55 Å². The molecular weight excluding hydrogens is 350 g/mol. The van der Waals surface area contributed by atoms with E-state index in [9.17, 15) is 35.0 Å². The summed E-state index contributed by atoms with van der Waals surface area (Å²) in [6, 6.07) is 8.16. The third kappa shape index (κ3) is 2.22. The molecule has 11 heteroatoms. The normalized spacial score (nSPS) is 31.0. The molecule has 0 aliphatic carbocycles. The predicted molar refractivity (Wildman–Crippen MR) is 84.8 cm³/mol. The average molecular weight is 365 g/mol. The highest BCUT2D eigenvalue weighted by Gasteiger charge is 2.77. The number of H-pyrrole nitrogens is 1. The zero-order valence-corrected chi connectivity index (χ0v) is 13.2. The van der Waals surface area contributed by atoms with Crippen LogP contribution in [0.2, 0.25) is 0 Å². The van der Waals surface area contributed by atoms with E-state index in [1.807, 2.05) is 4.98 Å². The Morgan fingerprint density at radius 1 is 1.27 bits per heavy atom. The van der Waals surface area contributed by atoms with Gasteiger partial charge in [0.05, 0.1) is 11.5 Å². The molecule has 0 spiro atoms. The maximum atomic E-state index is 12.4. The van der Waals surface area contributed by atoms with E-state index >= 15 is 0 Å². The van der Waals surface area contributed by atoms with E-state index in [-0.39, 0.29) is 5.56 Å². The van der Waals surface area contributed by atoms with Crippen LogP contribution in [-0.2, 0) is 10.5 Å². The largest absolute Gasteiger partial charge is 0.403 e. The van der Waals surface area contributed by atoms with Crippen LogP contribution >= 0.6 is 0 Å². The zero-order chi connectivity index (χ0) is 19.1. The summed E-state index contributed by atoms with van der Waals surface area (Å²) in [5.74, 6) is 0. The van der Waals surface area contributed by atoms with Crippen molar-refractivity contribution in [1.29, 1.82) is 0 Å². The molecule has 1 fully saturated rings. The van der Waals surface area contributed by atoms with Crippen LogP contribution in [0, 0.1) is 10.1 Å². The van der Waals surface area contributed by atoms with Crippen LogP contribution in [0.4, 0.5) is 0 Å². The minimum atomic E-state index is -3.23. The lowest BCUT2D eigenvalue weighted by Gasteiger charge is -2.36. The maximum Gasteiger partial charge on any atom is 0.403 e. The first-order chi connectivity index (χ1) is 12.3. The van der Waals surface area contributed by atoms with E-state index < -0.39 is 46.4 Å². The second-order valence-electron chi connectivity index (χ2n) is 5.76. The number of ether oxygens (including phenoxy) is 1. The summed E-state index contributed by atoms with van der Waals surface area (Å²) in [5.41, 5.74) is -7.68. The Labute approximate surface area is 144 Å². The van der Waals surface area contributed by atoms with Crippen LogP contribution in [0.3, 0.4) is 0 Å².